The summed E-state index contributed by atoms with van der Waals surface area (Å²) < 4.78 is 18.4. The van der Waals surface area contributed by atoms with Crippen LogP contribution >= 0.6 is 0 Å². The third-order valence-electron chi connectivity index (χ3n) is 4.23. The molecule has 0 radical (unpaired) electrons. The maximum atomic E-state index is 13.0. The minimum Gasteiger partial charge on any atom is -0.493 e. The molecule has 1 aromatic rings. The average molecular weight is 323 g/mol. The molecule has 0 aromatic heterocycles. The highest BCUT2D eigenvalue weighted by Crippen LogP contribution is 2.24. The molecule has 0 spiro atoms. The first kappa shape index (κ1) is 17.2. The number of nitrogens with zero attached hydrogens (tertiary/aromatic N) is 1. The Balaban J connectivity index is 1.77. The Morgan fingerprint density at radius 3 is 2.91 bits per heavy atom. The average Bonchev–Trinajstić information content (AvgIpc) is 2.51. The molecule has 1 saturated heterocycles. The van der Waals surface area contributed by atoms with E-state index in [0.717, 1.165) is 0 Å². The Kier molecular flexibility index (Phi) is 5.96. The van der Waals surface area contributed by atoms with Gasteiger partial charge in [0.1, 0.15) is 11.6 Å². The zero-order valence-electron chi connectivity index (χ0n) is 13.2. The second-order valence-corrected chi connectivity index (χ2v) is 5.82. The smallest absolute Gasteiger partial charge is 0.308 e. The minimum atomic E-state index is -0.843. The monoisotopic (exact) mass is 323 g/mol. The molecule has 0 bridgehead atoms. The van der Waals surface area contributed by atoms with Crippen molar-refractivity contribution in [3.63, 3.8) is 0 Å². The van der Waals surface area contributed by atoms with Crippen LogP contribution in [-0.2, 0) is 9.59 Å². The molecule has 0 saturated carbocycles. The van der Waals surface area contributed by atoms with E-state index in [1.165, 1.54) is 12.1 Å². The molecule has 6 heteroatoms. The van der Waals surface area contributed by atoms with E-state index in [0.29, 0.717) is 44.6 Å². The van der Waals surface area contributed by atoms with Crippen molar-refractivity contribution in [2.24, 2.45) is 5.92 Å². The van der Waals surface area contributed by atoms with Crippen molar-refractivity contribution in [1.82, 2.24) is 4.90 Å². The van der Waals surface area contributed by atoms with Gasteiger partial charge in [0.25, 0.3) is 0 Å². The lowest BCUT2D eigenvalue weighted by molar-refractivity contribution is -0.149. The van der Waals surface area contributed by atoms with Crippen LogP contribution in [0.4, 0.5) is 4.39 Å². The second kappa shape index (κ2) is 7.94. The Morgan fingerprint density at radius 2 is 2.22 bits per heavy atom. The van der Waals surface area contributed by atoms with Gasteiger partial charge in [0.05, 0.1) is 12.5 Å². The fourth-order valence-electron chi connectivity index (χ4n) is 2.94. The number of hydrogen-bond acceptors (Lipinski definition) is 3. The summed E-state index contributed by atoms with van der Waals surface area (Å²) in [5.74, 6) is -1.30. The van der Waals surface area contributed by atoms with Gasteiger partial charge in [-0.05, 0) is 38.3 Å². The van der Waals surface area contributed by atoms with Gasteiger partial charge in [0.2, 0.25) is 5.91 Å². The maximum absolute atomic E-state index is 13.0. The van der Waals surface area contributed by atoms with Gasteiger partial charge in [-0.15, -0.1) is 0 Å². The first-order chi connectivity index (χ1) is 11.0. The number of benzene rings is 1. The van der Waals surface area contributed by atoms with E-state index in [9.17, 15) is 19.1 Å². The Hall–Kier alpha value is -2.11. The number of piperidine rings is 1. The third kappa shape index (κ3) is 4.68. The second-order valence-electron chi connectivity index (χ2n) is 5.82. The fraction of sp³-hybridized carbons (Fsp3) is 0.529. The summed E-state index contributed by atoms with van der Waals surface area (Å²) in [6.07, 6.45) is 2.14. The van der Waals surface area contributed by atoms with E-state index in [-0.39, 0.29) is 17.8 Å². The quantitative estimate of drug-likeness (QED) is 0.817. The summed E-state index contributed by atoms with van der Waals surface area (Å²) in [7, 11) is 0. The number of likely N-dealkylation sites (tertiary alicyclic amines) is 1. The number of amides is 1. The van der Waals surface area contributed by atoms with Crippen LogP contribution in [0.3, 0.4) is 0 Å². The predicted octanol–water partition coefficient (Wildman–Crippen LogP) is 2.70. The molecule has 1 amide bonds. The van der Waals surface area contributed by atoms with Crippen molar-refractivity contribution >= 4 is 11.9 Å². The first-order valence-corrected chi connectivity index (χ1v) is 7.89. The van der Waals surface area contributed by atoms with Gasteiger partial charge >= 0.3 is 5.97 Å². The number of halogens is 1. The van der Waals surface area contributed by atoms with Crippen LogP contribution in [0.1, 0.15) is 32.6 Å². The predicted molar refractivity (Wildman–Crippen MR) is 82.7 cm³/mol. The molecule has 1 fully saturated rings. The van der Waals surface area contributed by atoms with Crippen LogP contribution in [-0.4, -0.2) is 41.1 Å². The number of carboxylic acid groups (broad SMARTS) is 1. The lowest BCUT2D eigenvalue weighted by atomic mass is 9.90. The molecule has 2 rings (SSSR count). The maximum Gasteiger partial charge on any atom is 0.308 e. The number of rotatable bonds is 6. The summed E-state index contributed by atoms with van der Waals surface area (Å²) in [6.45, 7) is 2.72. The topological polar surface area (TPSA) is 66.8 Å². The molecule has 1 aromatic carbocycles. The minimum absolute atomic E-state index is 0.0497. The van der Waals surface area contributed by atoms with Gasteiger partial charge < -0.3 is 14.7 Å². The van der Waals surface area contributed by atoms with E-state index < -0.39 is 11.9 Å². The number of ether oxygens (including phenoxy) is 1. The van der Waals surface area contributed by atoms with Gasteiger partial charge in [-0.25, -0.2) is 4.39 Å². The molecule has 5 nitrogen and oxygen atoms in total. The molecule has 0 aliphatic carbocycles. The molecular weight excluding hydrogens is 301 g/mol. The van der Waals surface area contributed by atoms with Crippen LogP contribution in [0.15, 0.2) is 24.3 Å². The van der Waals surface area contributed by atoms with E-state index in [4.69, 9.17) is 4.74 Å². The van der Waals surface area contributed by atoms with Gasteiger partial charge in [-0.1, -0.05) is 6.07 Å². The molecule has 126 valence electrons. The zero-order valence-corrected chi connectivity index (χ0v) is 13.2. The largest absolute Gasteiger partial charge is 0.493 e. The summed E-state index contributed by atoms with van der Waals surface area (Å²) >= 11 is 0. The highest BCUT2D eigenvalue weighted by molar-refractivity contribution is 5.78. The van der Waals surface area contributed by atoms with Crippen molar-refractivity contribution < 1.29 is 23.8 Å². The fourth-order valence-corrected chi connectivity index (χ4v) is 2.94. The van der Waals surface area contributed by atoms with Crippen molar-refractivity contribution in [3.8, 4) is 5.75 Å². The highest BCUT2D eigenvalue weighted by Gasteiger charge is 2.34. The van der Waals surface area contributed by atoms with Crippen LogP contribution in [0.5, 0.6) is 5.75 Å². The Morgan fingerprint density at radius 1 is 1.43 bits per heavy atom. The van der Waals surface area contributed by atoms with Crippen molar-refractivity contribution in [2.45, 2.75) is 38.6 Å². The van der Waals surface area contributed by atoms with Gasteiger partial charge in [-0.3, -0.25) is 9.59 Å². The molecule has 1 aliphatic rings. The number of hydrogen-bond donors (Lipinski definition) is 1. The van der Waals surface area contributed by atoms with E-state index in [1.807, 2.05) is 0 Å². The summed E-state index contributed by atoms with van der Waals surface area (Å²) in [6, 6.07) is 5.59. The number of carboxylic acids is 1. The lowest BCUT2D eigenvalue weighted by Gasteiger charge is -2.37. The molecular formula is C17H22FNO4. The van der Waals surface area contributed by atoms with Crippen LogP contribution in [0, 0.1) is 11.7 Å². The first-order valence-electron chi connectivity index (χ1n) is 7.89. The SMILES string of the molecule is C[C@@H]1[C@H](C(=O)O)CCCN1C(=O)CCCOc1cccc(F)c1. The molecule has 1 N–H and O–H groups in total. The standard InChI is InChI=1S/C17H22FNO4/c1-12-15(17(21)22)7-3-9-19(12)16(20)8-4-10-23-14-6-2-5-13(18)11-14/h2,5-6,11-12,15H,3-4,7-10H2,1H3,(H,21,22)/t12-,15-/m1/s1. The Labute approximate surface area is 135 Å². The molecule has 23 heavy (non-hydrogen) atoms. The van der Waals surface area contributed by atoms with Crippen molar-refractivity contribution in [3.05, 3.63) is 30.1 Å². The number of carbonyl (C=O) groups excluding carboxylic acids is 1. The zero-order chi connectivity index (χ0) is 16.8. The van der Waals surface area contributed by atoms with Crippen LogP contribution in [0.25, 0.3) is 0 Å². The van der Waals surface area contributed by atoms with Gasteiger partial charge in [0, 0.05) is 25.1 Å². The third-order valence-corrected chi connectivity index (χ3v) is 4.23. The highest BCUT2D eigenvalue weighted by atomic mass is 19.1. The van der Waals surface area contributed by atoms with Crippen molar-refractivity contribution in [1.29, 1.82) is 0 Å². The molecule has 1 aliphatic heterocycles. The normalized spacial score (nSPS) is 21.0. The summed E-state index contributed by atoms with van der Waals surface area (Å²) in [5.41, 5.74) is 0. The number of carbonyl (C=O) groups is 2. The van der Waals surface area contributed by atoms with Crippen LogP contribution in [0.2, 0.25) is 0 Å². The van der Waals surface area contributed by atoms with Crippen LogP contribution < -0.4 is 4.74 Å². The summed E-state index contributed by atoms with van der Waals surface area (Å²) in [5, 5.41) is 9.18. The molecule has 2 atom stereocenters. The van der Waals surface area contributed by atoms with E-state index >= 15 is 0 Å². The lowest BCUT2D eigenvalue weighted by Crippen LogP contribution is -2.49. The summed E-state index contributed by atoms with van der Waals surface area (Å²) in [4.78, 5) is 25.1. The van der Waals surface area contributed by atoms with Gasteiger partial charge in [-0.2, -0.15) is 0 Å². The van der Waals surface area contributed by atoms with Crippen molar-refractivity contribution in [2.75, 3.05) is 13.2 Å². The van der Waals surface area contributed by atoms with Gasteiger partial charge in [0.15, 0.2) is 0 Å². The molecule has 0 unspecified atom stereocenters. The number of aliphatic carboxylic acids is 1. The Bertz CT molecular complexity index is 563. The van der Waals surface area contributed by atoms with E-state index in [1.54, 1.807) is 24.0 Å². The molecule has 1 heterocycles. The van der Waals surface area contributed by atoms with E-state index in [2.05, 4.69) is 0 Å².